The standard InChI is InChI=1S/C14H22OS/c1-12(2)14(3,11-15)9-10-16-13-7-5-4-6-8-13/h4-8,12,15H,9-11H2,1-3H3. The predicted octanol–water partition coefficient (Wildman–Crippen LogP) is 3.82. The third-order valence-corrected chi connectivity index (χ3v) is 4.45. The van der Waals surface area contributed by atoms with Gasteiger partial charge in [0.25, 0.3) is 0 Å². The van der Waals surface area contributed by atoms with Gasteiger partial charge >= 0.3 is 0 Å². The highest BCUT2D eigenvalue weighted by molar-refractivity contribution is 7.99. The van der Waals surface area contributed by atoms with Crippen LogP contribution in [0.4, 0.5) is 0 Å². The van der Waals surface area contributed by atoms with Gasteiger partial charge < -0.3 is 5.11 Å². The van der Waals surface area contributed by atoms with Crippen molar-refractivity contribution in [2.45, 2.75) is 32.1 Å². The van der Waals surface area contributed by atoms with Gasteiger partial charge in [-0.2, -0.15) is 0 Å². The topological polar surface area (TPSA) is 20.2 Å². The van der Waals surface area contributed by atoms with E-state index in [1.165, 1.54) is 4.90 Å². The van der Waals surface area contributed by atoms with E-state index in [1.807, 2.05) is 17.8 Å². The van der Waals surface area contributed by atoms with E-state index >= 15 is 0 Å². The molecule has 16 heavy (non-hydrogen) atoms. The third kappa shape index (κ3) is 3.84. The maximum absolute atomic E-state index is 9.44. The molecular formula is C14H22OS. The Hall–Kier alpha value is -0.470. The summed E-state index contributed by atoms with van der Waals surface area (Å²) in [6.07, 6.45) is 1.06. The van der Waals surface area contributed by atoms with E-state index in [2.05, 4.69) is 45.0 Å². The maximum atomic E-state index is 9.44. The molecule has 1 unspecified atom stereocenters. The van der Waals surface area contributed by atoms with Crippen LogP contribution < -0.4 is 0 Å². The molecule has 1 aromatic carbocycles. The van der Waals surface area contributed by atoms with Crippen LogP contribution in [0.25, 0.3) is 0 Å². The van der Waals surface area contributed by atoms with Crippen LogP contribution >= 0.6 is 11.8 Å². The molecule has 0 heterocycles. The summed E-state index contributed by atoms with van der Waals surface area (Å²) in [5, 5.41) is 9.44. The van der Waals surface area contributed by atoms with E-state index in [9.17, 15) is 5.11 Å². The van der Waals surface area contributed by atoms with Crippen molar-refractivity contribution in [1.82, 2.24) is 0 Å². The quantitative estimate of drug-likeness (QED) is 0.760. The molecule has 1 aromatic rings. The van der Waals surface area contributed by atoms with Gasteiger partial charge in [-0.15, -0.1) is 11.8 Å². The van der Waals surface area contributed by atoms with Crippen LogP contribution in [0, 0.1) is 11.3 Å². The van der Waals surface area contributed by atoms with Crippen molar-refractivity contribution in [3.8, 4) is 0 Å². The summed E-state index contributed by atoms with van der Waals surface area (Å²) in [4.78, 5) is 1.31. The monoisotopic (exact) mass is 238 g/mol. The van der Waals surface area contributed by atoms with Gasteiger partial charge in [0, 0.05) is 11.5 Å². The smallest absolute Gasteiger partial charge is 0.0487 e. The third-order valence-electron chi connectivity index (χ3n) is 3.44. The van der Waals surface area contributed by atoms with Gasteiger partial charge in [-0.1, -0.05) is 39.0 Å². The Morgan fingerprint density at radius 2 is 1.88 bits per heavy atom. The Labute approximate surface area is 103 Å². The molecule has 0 aliphatic rings. The van der Waals surface area contributed by atoms with Gasteiger partial charge in [-0.05, 0) is 35.6 Å². The zero-order valence-corrected chi connectivity index (χ0v) is 11.3. The lowest BCUT2D eigenvalue weighted by atomic mass is 9.78. The van der Waals surface area contributed by atoms with Gasteiger partial charge in [0.2, 0.25) is 0 Å². The first-order valence-corrected chi connectivity index (χ1v) is 6.86. The van der Waals surface area contributed by atoms with Crippen molar-refractivity contribution in [3.05, 3.63) is 30.3 Å². The molecule has 0 aliphatic heterocycles. The Balaban J connectivity index is 2.40. The molecule has 1 rings (SSSR count). The largest absolute Gasteiger partial charge is 0.396 e. The van der Waals surface area contributed by atoms with Crippen molar-refractivity contribution in [3.63, 3.8) is 0 Å². The van der Waals surface area contributed by atoms with Gasteiger partial charge in [0.1, 0.15) is 0 Å². The molecule has 1 nitrogen and oxygen atoms in total. The van der Waals surface area contributed by atoms with Crippen LogP contribution in [0.1, 0.15) is 27.2 Å². The van der Waals surface area contributed by atoms with Crippen molar-refractivity contribution in [2.24, 2.45) is 11.3 Å². The van der Waals surface area contributed by atoms with E-state index in [4.69, 9.17) is 0 Å². The first kappa shape index (κ1) is 13.6. The fraction of sp³-hybridized carbons (Fsp3) is 0.571. The van der Waals surface area contributed by atoms with Gasteiger partial charge in [-0.25, -0.2) is 0 Å². The van der Waals surface area contributed by atoms with Crippen molar-refractivity contribution in [1.29, 1.82) is 0 Å². The van der Waals surface area contributed by atoms with Crippen molar-refractivity contribution in [2.75, 3.05) is 12.4 Å². The first-order valence-electron chi connectivity index (χ1n) is 5.87. The fourth-order valence-corrected chi connectivity index (χ4v) is 2.62. The number of thioether (sulfide) groups is 1. The molecule has 2 heteroatoms. The highest BCUT2D eigenvalue weighted by Crippen LogP contribution is 2.33. The average molecular weight is 238 g/mol. The number of rotatable bonds is 6. The maximum Gasteiger partial charge on any atom is 0.0487 e. The van der Waals surface area contributed by atoms with E-state index < -0.39 is 0 Å². The zero-order chi connectivity index (χ0) is 12.0. The second kappa shape index (κ2) is 6.31. The minimum Gasteiger partial charge on any atom is -0.396 e. The van der Waals surface area contributed by atoms with Crippen molar-refractivity contribution < 1.29 is 5.11 Å². The summed E-state index contributed by atoms with van der Waals surface area (Å²) in [7, 11) is 0. The summed E-state index contributed by atoms with van der Waals surface area (Å²) in [6, 6.07) is 10.4. The molecule has 0 saturated heterocycles. The van der Waals surface area contributed by atoms with E-state index in [0.717, 1.165) is 12.2 Å². The number of hydrogen-bond acceptors (Lipinski definition) is 2. The first-order chi connectivity index (χ1) is 7.58. The van der Waals surface area contributed by atoms with Crippen LogP contribution in [0.2, 0.25) is 0 Å². The molecule has 0 bridgehead atoms. The molecule has 0 saturated carbocycles. The van der Waals surface area contributed by atoms with Crippen LogP contribution in [0.15, 0.2) is 35.2 Å². The summed E-state index contributed by atoms with van der Waals surface area (Å²) >= 11 is 1.87. The summed E-state index contributed by atoms with van der Waals surface area (Å²) < 4.78 is 0. The number of benzene rings is 1. The second-order valence-electron chi connectivity index (χ2n) is 4.88. The molecular weight excluding hydrogens is 216 g/mol. The van der Waals surface area contributed by atoms with E-state index in [1.54, 1.807) is 0 Å². The summed E-state index contributed by atoms with van der Waals surface area (Å²) in [6.45, 7) is 6.82. The Kier molecular flexibility index (Phi) is 5.36. The molecule has 90 valence electrons. The SMILES string of the molecule is CC(C)C(C)(CO)CCSc1ccccc1. The molecule has 1 N–H and O–H groups in total. The fourth-order valence-electron chi connectivity index (χ4n) is 1.47. The van der Waals surface area contributed by atoms with Gasteiger partial charge in [0.15, 0.2) is 0 Å². The molecule has 0 aromatic heterocycles. The minimum atomic E-state index is 0.0573. The second-order valence-corrected chi connectivity index (χ2v) is 6.05. The summed E-state index contributed by atoms with van der Waals surface area (Å²) in [5.41, 5.74) is 0.0573. The molecule has 0 aliphatic carbocycles. The molecule has 0 fully saturated rings. The highest BCUT2D eigenvalue weighted by atomic mass is 32.2. The van der Waals surface area contributed by atoms with E-state index in [-0.39, 0.29) is 12.0 Å². The van der Waals surface area contributed by atoms with E-state index in [0.29, 0.717) is 5.92 Å². The molecule has 1 atom stereocenters. The highest BCUT2D eigenvalue weighted by Gasteiger charge is 2.26. The molecule has 0 spiro atoms. The zero-order valence-electron chi connectivity index (χ0n) is 10.4. The Morgan fingerprint density at radius 3 is 2.38 bits per heavy atom. The number of hydrogen-bond donors (Lipinski definition) is 1. The average Bonchev–Trinajstić information content (AvgIpc) is 2.30. The van der Waals surface area contributed by atoms with Crippen LogP contribution in [0.3, 0.4) is 0 Å². The summed E-state index contributed by atoms with van der Waals surface area (Å²) in [5.74, 6) is 1.59. The molecule has 0 radical (unpaired) electrons. The Morgan fingerprint density at radius 1 is 1.25 bits per heavy atom. The lowest BCUT2D eigenvalue weighted by molar-refractivity contribution is 0.0918. The molecule has 0 amide bonds. The van der Waals surface area contributed by atoms with Gasteiger partial charge in [0.05, 0.1) is 0 Å². The normalized spacial score (nSPS) is 15.1. The lowest BCUT2D eigenvalue weighted by Gasteiger charge is -2.31. The minimum absolute atomic E-state index is 0.0573. The van der Waals surface area contributed by atoms with Crippen LogP contribution in [-0.2, 0) is 0 Å². The van der Waals surface area contributed by atoms with Gasteiger partial charge in [-0.3, -0.25) is 0 Å². The predicted molar refractivity (Wildman–Crippen MR) is 71.8 cm³/mol. The van der Waals surface area contributed by atoms with Crippen molar-refractivity contribution >= 4 is 11.8 Å². The van der Waals surface area contributed by atoms with Crippen LogP contribution in [-0.4, -0.2) is 17.5 Å². The number of aliphatic hydroxyl groups is 1. The Bertz CT molecular complexity index is 297. The lowest BCUT2D eigenvalue weighted by Crippen LogP contribution is -2.28. The number of aliphatic hydroxyl groups excluding tert-OH is 1. The van der Waals surface area contributed by atoms with Crippen LogP contribution in [0.5, 0.6) is 0 Å².